The SMILES string of the molecule is CCOc1ccccc1S(=O)(=O)N1CC(c2nc(-c3cccc(F)c3)no2)C1. The van der Waals surface area contributed by atoms with Gasteiger partial charge in [0.25, 0.3) is 0 Å². The normalized spacial score (nSPS) is 15.4. The molecule has 4 rings (SSSR count). The summed E-state index contributed by atoms with van der Waals surface area (Å²) in [7, 11) is -3.68. The van der Waals surface area contributed by atoms with Crippen molar-refractivity contribution < 1.29 is 22.1 Å². The lowest BCUT2D eigenvalue weighted by molar-refractivity contribution is 0.216. The number of halogens is 1. The summed E-state index contributed by atoms with van der Waals surface area (Å²) in [6.45, 7) is 2.63. The van der Waals surface area contributed by atoms with Crippen molar-refractivity contribution in [1.82, 2.24) is 14.4 Å². The second-order valence-electron chi connectivity index (χ2n) is 6.37. The number of para-hydroxylation sites is 1. The molecule has 2 aromatic carbocycles. The van der Waals surface area contributed by atoms with Crippen LogP contribution in [0.2, 0.25) is 0 Å². The van der Waals surface area contributed by atoms with Gasteiger partial charge in [-0.1, -0.05) is 29.4 Å². The van der Waals surface area contributed by atoms with Crippen LogP contribution in [-0.2, 0) is 10.0 Å². The summed E-state index contributed by atoms with van der Waals surface area (Å²) in [6.07, 6.45) is 0. The van der Waals surface area contributed by atoms with Crippen LogP contribution in [0.1, 0.15) is 18.7 Å². The standard InChI is InChI=1S/C19H18FN3O4S/c1-2-26-16-8-3-4-9-17(16)28(24,25)23-11-14(12-23)19-21-18(22-27-19)13-6-5-7-15(20)10-13/h3-10,14H,2,11-12H2,1H3. The van der Waals surface area contributed by atoms with E-state index in [-0.39, 0.29) is 29.7 Å². The number of nitrogens with zero attached hydrogens (tertiary/aromatic N) is 3. The van der Waals surface area contributed by atoms with E-state index in [0.29, 0.717) is 23.8 Å². The molecule has 0 aliphatic carbocycles. The van der Waals surface area contributed by atoms with Crippen LogP contribution in [-0.4, -0.2) is 42.6 Å². The summed E-state index contributed by atoms with van der Waals surface area (Å²) in [5.41, 5.74) is 0.504. The monoisotopic (exact) mass is 403 g/mol. The van der Waals surface area contributed by atoms with Crippen LogP contribution in [0.25, 0.3) is 11.4 Å². The number of rotatable bonds is 6. The predicted molar refractivity (Wildman–Crippen MR) is 98.8 cm³/mol. The van der Waals surface area contributed by atoms with Gasteiger partial charge in [0, 0.05) is 18.7 Å². The fourth-order valence-electron chi connectivity index (χ4n) is 3.01. The molecule has 0 unspecified atom stereocenters. The van der Waals surface area contributed by atoms with Gasteiger partial charge in [-0.3, -0.25) is 0 Å². The summed E-state index contributed by atoms with van der Waals surface area (Å²) in [5.74, 6) is 0.350. The fraction of sp³-hybridized carbons (Fsp3) is 0.263. The lowest BCUT2D eigenvalue weighted by atomic mass is 10.0. The van der Waals surface area contributed by atoms with E-state index in [1.807, 2.05) is 0 Å². The number of benzene rings is 2. The molecule has 0 spiro atoms. The Morgan fingerprint density at radius 1 is 1.21 bits per heavy atom. The van der Waals surface area contributed by atoms with Crippen LogP contribution in [0, 0.1) is 5.82 Å². The van der Waals surface area contributed by atoms with Crippen molar-refractivity contribution in [2.24, 2.45) is 0 Å². The van der Waals surface area contributed by atoms with Crippen molar-refractivity contribution in [2.75, 3.05) is 19.7 Å². The Labute approximate surface area is 161 Å². The van der Waals surface area contributed by atoms with Gasteiger partial charge in [-0.05, 0) is 31.2 Å². The second-order valence-corrected chi connectivity index (χ2v) is 8.27. The summed E-state index contributed by atoms with van der Waals surface area (Å²) in [4.78, 5) is 4.43. The molecule has 0 radical (unpaired) electrons. The molecule has 146 valence electrons. The van der Waals surface area contributed by atoms with Gasteiger partial charge < -0.3 is 9.26 Å². The van der Waals surface area contributed by atoms with Crippen molar-refractivity contribution in [1.29, 1.82) is 0 Å². The molecule has 9 heteroatoms. The van der Waals surface area contributed by atoms with Crippen molar-refractivity contribution in [3.63, 3.8) is 0 Å². The van der Waals surface area contributed by atoms with E-state index in [9.17, 15) is 12.8 Å². The molecule has 1 saturated heterocycles. The maximum Gasteiger partial charge on any atom is 0.246 e. The maximum atomic E-state index is 13.4. The van der Waals surface area contributed by atoms with Gasteiger partial charge >= 0.3 is 0 Å². The molecule has 1 fully saturated rings. The first-order valence-electron chi connectivity index (χ1n) is 8.80. The molecule has 0 bridgehead atoms. The largest absolute Gasteiger partial charge is 0.492 e. The first-order valence-corrected chi connectivity index (χ1v) is 10.2. The highest BCUT2D eigenvalue weighted by Gasteiger charge is 2.41. The molecule has 1 aliphatic heterocycles. The Morgan fingerprint density at radius 2 is 2.00 bits per heavy atom. The second kappa shape index (κ2) is 7.33. The molecule has 2 heterocycles. The van der Waals surface area contributed by atoms with Crippen LogP contribution in [0.15, 0.2) is 57.9 Å². The third-order valence-corrected chi connectivity index (χ3v) is 6.36. The van der Waals surface area contributed by atoms with E-state index in [0.717, 1.165) is 0 Å². The van der Waals surface area contributed by atoms with E-state index in [4.69, 9.17) is 9.26 Å². The highest BCUT2D eigenvalue weighted by atomic mass is 32.2. The Morgan fingerprint density at radius 3 is 2.75 bits per heavy atom. The average molecular weight is 403 g/mol. The van der Waals surface area contributed by atoms with E-state index in [2.05, 4.69) is 10.1 Å². The molecule has 28 heavy (non-hydrogen) atoms. The zero-order chi connectivity index (χ0) is 19.7. The van der Waals surface area contributed by atoms with E-state index in [1.165, 1.54) is 22.5 Å². The number of aromatic nitrogens is 2. The van der Waals surface area contributed by atoms with Crippen LogP contribution >= 0.6 is 0 Å². The summed E-state index contributed by atoms with van der Waals surface area (Å²) in [5, 5.41) is 3.87. The quantitative estimate of drug-likeness (QED) is 0.629. The molecule has 0 saturated carbocycles. The molecule has 1 aliphatic rings. The third-order valence-electron chi connectivity index (χ3n) is 4.49. The summed E-state index contributed by atoms with van der Waals surface area (Å²) < 4.78 is 51.2. The van der Waals surface area contributed by atoms with Crippen LogP contribution in [0.4, 0.5) is 4.39 Å². The Hall–Kier alpha value is -2.78. The van der Waals surface area contributed by atoms with Gasteiger partial charge in [0.1, 0.15) is 16.5 Å². The third kappa shape index (κ3) is 3.38. The first kappa shape index (κ1) is 18.6. The van der Waals surface area contributed by atoms with Gasteiger partial charge in [-0.25, -0.2) is 12.8 Å². The van der Waals surface area contributed by atoms with Crippen molar-refractivity contribution in [2.45, 2.75) is 17.7 Å². The van der Waals surface area contributed by atoms with E-state index < -0.39 is 15.8 Å². The zero-order valence-corrected chi connectivity index (χ0v) is 15.9. The van der Waals surface area contributed by atoms with Gasteiger partial charge in [-0.15, -0.1) is 0 Å². The van der Waals surface area contributed by atoms with Crippen molar-refractivity contribution >= 4 is 10.0 Å². The van der Waals surface area contributed by atoms with E-state index >= 15 is 0 Å². The topological polar surface area (TPSA) is 85.5 Å². The lowest BCUT2D eigenvalue weighted by Crippen LogP contribution is -2.48. The molecule has 0 amide bonds. The van der Waals surface area contributed by atoms with Crippen molar-refractivity contribution in [3.05, 3.63) is 60.2 Å². The summed E-state index contributed by atoms with van der Waals surface area (Å²) in [6, 6.07) is 12.5. The Kier molecular flexibility index (Phi) is 4.86. The van der Waals surface area contributed by atoms with Gasteiger partial charge in [-0.2, -0.15) is 9.29 Å². The first-order chi connectivity index (χ1) is 13.5. The Balaban J connectivity index is 1.49. The predicted octanol–water partition coefficient (Wildman–Crippen LogP) is 3.06. The number of ether oxygens (including phenoxy) is 1. The van der Waals surface area contributed by atoms with Crippen LogP contribution < -0.4 is 4.74 Å². The molecule has 3 aromatic rings. The lowest BCUT2D eigenvalue weighted by Gasteiger charge is -2.36. The smallest absolute Gasteiger partial charge is 0.246 e. The van der Waals surface area contributed by atoms with Gasteiger partial charge in [0.15, 0.2) is 0 Å². The Bertz CT molecular complexity index is 1090. The highest BCUT2D eigenvalue weighted by molar-refractivity contribution is 7.89. The minimum absolute atomic E-state index is 0.140. The number of sulfonamides is 1. The van der Waals surface area contributed by atoms with Crippen LogP contribution in [0.5, 0.6) is 5.75 Å². The minimum Gasteiger partial charge on any atom is -0.492 e. The number of hydrogen-bond acceptors (Lipinski definition) is 6. The maximum absolute atomic E-state index is 13.4. The van der Waals surface area contributed by atoms with Gasteiger partial charge in [0.2, 0.25) is 21.7 Å². The molecule has 7 nitrogen and oxygen atoms in total. The molecule has 0 atom stereocenters. The zero-order valence-electron chi connectivity index (χ0n) is 15.1. The summed E-state index contributed by atoms with van der Waals surface area (Å²) >= 11 is 0. The number of hydrogen-bond donors (Lipinski definition) is 0. The van der Waals surface area contributed by atoms with Crippen LogP contribution in [0.3, 0.4) is 0 Å². The average Bonchev–Trinajstić information content (AvgIpc) is 3.10. The molecule has 1 aromatic heterocycles. The fourth-order valence-corrected chi connectivity index (χ4v) is 4.68. The van der Waals surface area contributed by atoms with E-state index in [1.54, 1.807) is 37.3 Å². The molecule has 0 N–H and O–H groups in total. The minimum atomic E-state index is -3.68. The van der Waals surface area contributed by atoms with Crippen molar-refractivity contribution in [3.8, 4) is 17.1 Å². The molecular formula is C19H18FN3O4S. The highest BCUT2D eigenvalue weighted by Crippen LogP contribution is 2.35. The molecular weight excluding hydrogens is 385 g/mol. The van der Waals surface area contributed by atoms with Gasteiger partial charge in [0.05, 0.1) is 12.5 Å².